The number of likely N-dealkylation sites (tertiary alicyclic amines) is 2. The van der Waals surface area contributed by atoms with E-state index < -0.39 is 0 Å². The van der Waals surface area contributed by atoms with E-state index in [2.05, 4.69) is 50.4 Å². The minimum absolute atomic E-state index is 0.0941. The van der Waals surface area contributed by atoms with Gasteiger partial charge in [-0.15, -0.1) is 0 Å². The molecule has 5 rings (SSSR count). The Hall–Kier alpha value is -2.93. The quantitative estimate of drug-likeness (QED) is 0.682. The van der Waals surface area contributed by atoms with Gasteiger partial charge in [0.05, 0.1) is 6.54 Å². The summed E-state index contributed by atoms with van der Waals surface area (Å²) in [5.41, 5.74) is 2.12. The van der Waals surface area contributed by atoms with E-state index in [1.807, 2.05) is 30.2 Å². The summed E-state index contributed by atoms with van der Waals surface area (Å²) in [6.45, 7) is 6.02. The van der Waals surface area contributed by atoms with Crippen molar-refractivity contribution < 1.29 is 9.32 Å². The monoisotopic (exact) mass is 405 g/mol. The molecule has 0 spiro atoms. The van der Waals surface area contributed by atoms with Gasteiger partial charge in [-0.2, -0.15) is 4.98 Å². The van der Waals surface area contributed by atoms with Crippen LogP contribution in [-0.4, -0.2) is 57.0 Å². The Morgan fingerprint density at radius 1 is 1.20 bits per heavy atom. The van der Waals surface area contributed by atoms with Crippen molar-refractivity contribution in [1.82, 2.24) is 24.9 Å². The van der Waals surface area contributed by atoms with Crippen LogP contribution < -0.4 is 0 Å². The van der Waals surface area contributed by atoms with Crippen LogP contribution in [0.5, 0.6) is 0 Å². The van der Waals surface area contributed by atoms with Crippen LogP contribution in [0.25, 0.3) is 0 Å². The summed E-state index contributed by atoms with van der Waals surface area (Å²) in [7, 11) is 0. The first-order valence-electron chi connectivity index (χ1n) is 10.6. The zero-order chi connectivity index (χ0) is 20.6. The average Bonchev–Trinajstić information content (AvgIpc) is 3.51. The summed E-state index contributed by atoms with van der Waals surface area (Å²) in [5.74, 6) is 1.90. The maximum atomic E-state index is 13.0. The number of carbonyl (C=O) groups is 1. The van der Waals surface area contributed by atoms with Gasteiger partial charge in [0.2, 0.25) is 5.89 Å². The summed E-state index contributed by atoms with van der Waals surface area (Å²) in [6, 6.07) is 14.4. The molecule has 0 radical (unpaired) electrons. The molecular formula is C23H27N5O2. The summed E-state index contributed by atoms with van der Waals surface area (Å²) in [6.07, 6.45) is 3.90. The van der Waals surface area contributed by atoms with Gasteiger partial charge in [0.15, 0.2) is 5.82 Å². The molecule has 0 bridgehead atoms. The third kappa shape index (κ3) is 3.65. The molecule has 2 atom stereocenters. The zero-order valence-corrected chi connectivity index (χ0v) is 17.3. The lowest BCUT2D eigenvalue weighted by Crippen LogP contribution is -2.37. The number of nitrogens with one attached hydrogen (secondary N) is 1. The summed E-state index contributed by atoms with van der Waals surface area (Å²) >= 11 is 0. The minimum atomic E-state index is 0.0941. The second-order valence-corrected chi connectivity index (χ2v) is 8.71. The molecule has 0 aliphatic carbocycles. The molecule has 2 saturated heterocycles. The number of fused-ring (bicyclic) bond motifs is 1. The number of aromatic amines is 1. The molecule has 0 saturated carbocycles. The highest BCUT2D eigenvalue weighted by molar-refractivity contribution is 5.92. The van der Waals surface area contributed by atoms with E-state index in [1.165, 1.54) is 5.56 Å². The van der Waals surface area contributed by atoms with E-state index in [4.69, 9.17) is 4.52 Å². The molecule has 7 nitrogen and oxygen atoms in total. The van der Waals surface area contributed by atoms with Crippen molar-refractivity contribution >= 4 is 5.91 Å². The number of aromatic nitrogens is 3. The van der Waals surface area contributed by atoms with E-state index in [-0.39, 0.29) is 11.3 Å². The fourth-order valence-electron chi connectivity index (χ4n) is 5.20. The lowest BCUT2D eigenvalue weighted by atomic mass is 9.76. The smallest absolute Gasteiger partial charge is 0.270 e. The molecule has 2 aromatic heterocycles. The Morgan fingerprint density at radius 3 is 2.80 bits per heavy atom. The lowest BCUT2D eigenvalue weighted by molar-refractivity contribution is 0.0750. The van der Waals surface area contributed by atoms with Crippen molar-refractivity contribution in [3.05, 3.63) is 71.6 Å². The second-order valence-electron chi connectivity index (χ2n) is 8.71. The minimum Gasteiger partial charge on any atom is -0.357 e. The largest absolute Gasteiger partial charge is 0.357 e. The number of carbonyl (C=O) groups excluding carboxylic acids is 1. The van der Waals surface area contributed by atoms with E-state index >= 15 is 0 Å². The third-order valence-corrected chi connectivity index (χ3v) is 6.63. The number of rotatable bonds is 6. The molecule has 3 aromatic rings. The van der Waals surface area contributed by atoms with Crippen LogP contribution >= 0.6 is 0 Å². The van der Waals surface area contributed by atoms with E-state index in [1.54, 1.807) is 0 Å². The van der Waals surface area contributed by atoms with Crippen molar-refractivity contribution in [2.75, 3.05) is 26.2 Å². The Kier molecular flexibility index (Phi) is 4.90. The lowest BCUT2D eigenvalue weighted by Gasteiger charge is -2.29. The van der Waals surface area contributed by atoms with Crippen LogP contribution in [0.2, 0.25) is 0 Å². The van der Waals surface area contributed by atoms with Crippen LogP contribution in [0.15, 0.2) is 53.2 Å². The van der Waals surface area contributed by atoms with Gasteiger partial charge in [0, 0.05) is 44.7 Å². The average molecular weight is 406 g/mol. The normalized spacial score (nSPS) is 23.8. The molecule has 1 N–H and O–H groups in total. The molecule has 1 aromatic carbocycles. The van der Waals surface area contributed by atoms with Gasteiger partial charge in [-0.25, -0.2) is 0 Å². The standard InChI is InChI=1S/C23H27N5O2/c1-17-25-21(26-30-17)14-27-12-19-13-28(22(29)20-8-5-11-24-20)16-23(19,15-27)10-9-18-6-3-2-4-7-18/h2-8,11,19,24H,9-10,12-16H2,1H3/t19-,23+/m0/s1. The van der Waals surface area contributed by atoms with E-state index in [0.29, 0.717) is 24.0 Å². The first-order valence-corrected chi connectivity index (χ1v) is 10.6. The number of benzene rings is 1. The van der Waals surface area contributed by atoms with Crippen molar-refractivity contribution in [2.45, 2.75) is 26.3 Å². The van der Waals surface area contributed by atoms with Crippen molar-refractivity contribution in [1.29, 1.82) is 0 Å². The fraction of sp³-hybridized carbons (Fsp3) is 0.435. The number of aryl methyl sites for hydroxylation is 2. The molecule has 0 unspecified atom stereocenters. The van der Waals surface area contributed by atoms with Gasteiger partial charge in [-0.05, 0) is 36.5 Å². The Balaban J connectivity index is 1.33. The third-order valence-electron chi connectivity index (χ3n) is 6.63. The van der Waals surface area contributed by atoms with E-state index in [9.17, 15) is 4.79 Å². The van der Waals surface area contributed by atoms with Gasteiger partial charge in [0.25, 0.3) is 5.91 Å². The van der Waals surface area contributed by atoms with Gasteiger partial charge in [-0.1, -0.05) is 35.5 Å². The van der Waals surface area contributed by atoms with Crippen molar-refractivity contribution in [2.24, 2.45) is 11.3 Å². The zero-order valence-electron chi connectivity index (χ0n) is 17.3. The van der Waals surface area contributed by atoms with Crippen molar-refractivity contribution in [3.8, 4) is 0 Å². The van der Waals surface area contributed by atoms with Gasteiger partial charge in [-0.3, -0.25) is 9.69 Å². The topological polar surface area (TPSA) is 78.3 Å². The molecular weight excluding hydrogens is 378 g/mol. The van der Waals surface area contributed by atoms with Crippen LogP contribution in [-0.2, 0) is 13.0 Å². The predicted octanol–water partition coefficient (Wildman–Crippen LogP) is 2.91. The predicted molar refractivity (Wildman–Crippen MR) is 112 cm³/mol. The number of amides is 1. The highest BCUT2D eigenvalue weighted by Gasteiger charge is 2.53. The highest BCUT2D eigenvalue weighted by atomic mass is 16.5. The summed E-state index contributed by atoms with van der Waals surface area (Å²) in [4.78, 5) is 24.9. The van der Waals surface area contributed by atoms with Gasteiger partial charge < -0.3 is 14.4 Å². The Morgan fingerprint density at radius 2 is 2.07 bits per heavy atom. The molecule has 2 fully saturated rings. The van der Waals surface area contributed by atoms with Crippen LogP contribution in [0.3, 0.4) is 0 Å². The first-order chi connectivity index (χ1) is 14.6. The first kappa shape index (κ1) is 19.1. The maximum absolute atomic E-state index is 13.0. The Bertz CT molecular complexity index is 1000. The fourth-order valence-corrected chi connectivity index (χ4v) is 5.20. The highest BCUT2D eigenvalue weighted by Crippen LogP contribution is 2.46. The number of hydrogen-bond acceptors (Lipinski definition) is 5. The second kappa shape index (κ2) is 7.72. The van der Waals surface area contributed by atoms with Crippen LogP contribution in [0.4, 0.5) is 0 Å². The SMILES string of the molecule is Cc1nc(CN2C[C@H]3CN(C(=O)c4ccc[nH]4)C[C@@]3(CCc3ccccc3)C2)no1. The summed E-state index contributed by atoms with van der Waals surface area (Å²) < 4.78 is 5.14. The number of H-pyrrole nitrogens is 1. The molecule has 7 heteroatoms. The van der Waals surface area contributed by atoms with Crippen molar-refractivity contribution in [3.63, 3.8) is 0 Å². The number of hydrogen-bond donors (Lipinski definition) is 1. The molecule has 4 heterocycles. The summed E-state index contributed by atoms with van der Waals surface area (Å²) in [5, 5.41) is 4.07. The molecule has 1 amide bonds. The van der Waals surface area contributed by atoms with Crippen LogP contribution in [0.1, 0.15) is 34.2 Å². The Labute approximate surface area is 176 Å². The maximum Gasteiger partial charge on any atom is 0.270 e. The number of nitrogens with zero attached hydrogens (tertiary/aromatic N) is 4. The molecule has 156 valence electrons. The molecule has 2 aliphatic rings. The van der Waals surface area contributed by atoms with E-state index in [0.717, 1.165) is 44.8 Å². The molecule has 2 aliphatic heterocycles. The molecule has 30 heavy (non-hydrogen) atoms. The van der Waals surface area contributed by atoms with Gasteiger partial charge in [0.1, 0.15) is 5.69 Å². The van der Waals surface area contributed by atoms with Crippen LogP contribution in [0, 0.1) is 18.3 Å². The van der Waals surface area contributed by atoms with Gasteiger partial charge >= 0.3 is 0 Å².